The normalized spacial score (nSPS) is 12.5. The van der Waals surface area contributed by atoms with E-state index in [1.54, 1.807) is 20.8 Å². The summed E-state index contributed by atoms with van der Waals surface area (Å²) in [7, 11) is 0. The van der Waals surface area contributed by atoms with Crippen LogP contribution in [0.1, 0.15) is 31.1 Å². The van der Waals surface area contributed by atoms with Gasteiger partial charge in [-0.15, -0.1) is 0 Å². The predicted octanol–water partition coefficient (Wildman–Crippen LogP) is 1.42. The Bertz CT molecular complexity index is 814. The second-order valence-electron chi connectivity index (χ2n) is 7.28. The minimum atomic E-state index is -5.03. The van der Waals surface area contributed by atoms with E-state index in [-0.39, 0.29) is 18.7 Å². The van der Waals surface area contributed by atoms with Crippen LogP contribution in [0.15, 0.2) is 18.2 Å². The molecule has 0 saturated heterocycles. The number of nitrogens with one attached hydrogen (secondary N) is 4. The Labute approximate surface area is 180 Å². The number of benzene rings is 1. The van der Waals surface area contributed by atoms with E-state index in [9.17, 15) is 31.9 Å². The number of aliphatic hydroxyl groups is 1. The first kappa shape index (κ1) is 26.9. The number of alkyl halides is 3. The molecule has 0 heterocycles. The summed E-state index contributed by atoms with van der Waals surface area (Å²) in [5.74, 6) is -2.48. The highest BCUT2D eigenvalue weighted by Gasteiger charge is 2.38. The Morgan fingerprint density at radius 1 is 1.09 bits per heavy atom. The molecule has 1 aromatic rings. The van der Waals surface area contributed by atoms with Gasteiger partial charge < -0.3 is 25.8 Å². The zero-order valence-electron chi connectivity index (χ0n) is 17.4. The van der Waals surface area contributed by atoms with Gasteiger partial charge in [0.2, 0.25) is 12.1 Å². The minimum absolute atomic E-state index is 0.0422. The van der Waals surface area contributed by atoms with Crippen molar-refractivity contribution in [2.24, 2.45) is 0 Å². The minimum Gasteiger partial charge on any atom is -0.442 e. The summed E-state index contributed by atoms with van der Waals surface area (Å²) in [4.78, 5) is 39.6. The molecule has 0 aliphatic carbocycles. The zero-order chi connectivity index (χ0) is 24.5. The lowest BCUT2D eigenvalue weighted by Crippen LogP contribution is -2.39. The van der Waals surface area contributed by atoms with Gasteiger partial charge in [-0.2, -0.15) is 18.7 Å². The van der Waals surface area contributed by atoms with Gasteiger partial charge in [-0.1, -0.05) is 0 Å². The molecule has 0 aromatic heterocycles. The smallest absolute Gasteiger partial charge is 0.433 e. The molecule has 1 aromatic carbocycles. The van der Waals surface area contributed by atoms with Crippen molar-refractivity contribution in [2.45, 2.75) is 38.8 Å². The van der Waals surface area contributed by atoms with Crippen molar-refractivity contribution < 1.29 is 46.6 Å². The number of hydrogen-bond acceptors (Lipinski definition) is 7. The molecule has 1 rings (SSSR count). The van der Waals surface area contributed by atoms with Gasteiger partial charge in [0.1, 0.15) is 11.4 Å². The number of carbonyl (C=O) groups is 3. The predicted molar refractivity (Wildman–Crippen MR) is 103 cm³/mol. The molecule has 180 valence electrons. The van der Waals surface area contributed by atoms with Crippen LogP contribution >= 0.6 is 0 Å². The highest BCUT2D eigenvalue weighted by molar-refractivity contribution is 5.95. The Morgan fingerprint density at radius 2 is 1.72 bits per heavy atom. The maximum Gasteiger partial charge on any atom is 0.433 e. The van der Waals surface area contributed by atoms with Crippen LogP contribution in [0.3, 0.4) is 0 Å². The van der Waals surface area contributed by atoms with Gasteiger partial charge in [-0.25, -0.2) is 9.18 Å². The molecule has 10 nitrogen and oxygen atoms in total. The van der Waals surface area contributed by atoms with Crippen LogP contribution in [0.2, 0.25) is 0 Å². The Hall–Kier alpha value is -3.13. The van der Waals surface area contributed by atoms with Crippen LogP contribution < -0.4 is 21.4 Å². The number of amides is 3. The maximum atomic E-state index is 13.6. The topological polar surface area (TPSA) is 138 Å². The van der Waals surface area contributed by atoms with Crippen LogP contribution in [-0.4, -0.2) is 60.7 Å². The molecule has 14 heteroatoms. The number of hydrogen-bond donors (Lipinski definition) is 5. The quantitative estimate of drug-likeness (QED) is 0.160. The van der Waals surface area contributed by atoms with Crippen molar-refractivity contribution in [3.8, 4) is 0 Å². The zero-order valence-corrected chi connectivity index (χ0v) is 17.4. The summed E-state index contributed by atoms with van der Waals surface area (Å²) in [5, 5.41) is 15.2. The summed E-state index contributed by atoms with van der Waals surface area (Å²) in [6.45, 7) is 4.28. The first-order chi connectivity index (χ1) is 14.7. The van der Waals surface area contributed by atoms with Crippen molar-refractivity contribution in [1.82, 2.24) is 16.1 Å². The van der Waals surface area contributed by atoms with Crippen LogP contribution in [0.5, 0.6) is 0 Å². The van der Waals surface area contributed by atoms with Gasteiger partial charge in [-0.3, -0.25) is 14.4 Å². The van der Waals surface area contributed by atoms with Gasteiger partial charge in [0.15, 0.2) is 6.61 Å². The van der Waals surface area contributed by atoms with Gasteiger partial charge in [0.25, 0.3) is 5.91 Å². The summed E-state index contributed by atoms with van der Waals surface area (Å²) in [5.41, 5.74) is 0.275. The molecule has 0 spiro atoms. The number of carbonyl (C=O) groups excluding carboxylic acids is 3. The van der Waals surface area contributed by atoms with Crippen LogP contribution in [0.25, 0.3) is 0 Å². The fraction of sp³-hybridized carbons (Fsp3) is 0.500. The van der Waals surface area contributed by atoms with E-state index in [0.29, 0.717) is 0 Å². The molecule has 0 saturated carbocycles. The van der Waals surface area contributed by atoms with E-state index in [1.165, 1.54) is 5.32 Å². The molecule has 0 fully saturated rings. The van der Waals surface area contributed by atoms with Gasteiger partial charge in [-0.05, 0) is 39.0 Å². The SMILES string of the molecule is CC(C)(C)OC(=O)NOCC(=O)NCCNC(=O)c1ccc(F)c(NC(O)C(F)(F)F)c1. The number of halogens is 4. The fourth-order valence-electron chi connectivity index (χ4n) is 2.00. The van der Waals surface area contributed by atoms with E-state index in [4.69, 9.17) is 9.84 Å². The Kier molecular flexibility index (Phi) is 9.65. The van der Waals surface area contributed by atoms with Crippen molar-refractivity contribution in [3.05, 3.63) is 29.6 Å². The monoisotopic (exact) mass is 468 g/mol. The molecular weight excluding hydrogens is 444 g/mol. The maximum absolute atomic E-state index is 13.6. The molecule has 1 unspecified atom stereocenters. The van der Waals surface area contributed by atoms with Crippen molar-refractivity contribution in [3.63, 3.8) is 0 Å². The molecule has 0 bridgehead atoms. The largest absolute Gasteiger partial charge is 0.442 e. The number of aliphatic hydroxyl groups excluding tert-OH is 1. The van der Waals surface area contributed by atoms with Crippen molar-refractivity contribution >= 4 is 23.6 Å². The van der Waals surface area contributed by atoms with E-state index < -0.39 is 54.0 Å². The van der Waals surface area contributed by atoms with E-state index in [1.807, 2.05) is 5.48 Å². The lowest BCUT2D eigenvalue weighted by atomic mass is 10.1. The molecule has 1 atom stereocenters. The third-order valence-corrected chi connectivity index (χ3v) is 3.32. The number of hydroxylamine groups is 1. The molecule has 32 heavy (non-hydrogen) atoms. The van der Waals surface area contributed by atoms with Crippen LogP contribution in [0.4, 0.5) is 28.0 Å². The van der Waals surface area contributed by atoms with Crippen molar-refractivity contribution in [1.29, 1.82) is 0 Å². The molecular formula is C18H24F4N4O6. The average Bonchev–Trinajstić information content (AvgIpc) is 2.64. The third kappa shape index (κ3) is 10.3. The lowest BCUT2D eigenvalue weighted by molar-refractivity contribution is -0.194. The molecule has 5 N–H and O–H groups in total. The second-order valence-corrected chi connectivity index (χ2v) is 7.28. The van der Waals surface area contributed by atoms with Gasteiger partial charge >= 0.3 is 12.3 Å². The van der Waals surface area contributed by atoms with E-state index in [0.717, 1.165) is 18.2 Å². The fourth-order valence-corrected chi connectivity index (χ4v) is 2.00. The second kappa shape index (κ2) is 11.5. The standard InChI is InChI=1S/C18H24F4N4O6/c1-17(2,3)32-16(30)26-31-9-13(27)23-6-7-24-14(28)10-4-5-11(19)12(8-10)25-15(29)18(20,21)22/h4-5,8,15,25,29H,6-7,9H2,1-3H3,(H,23,27)(H,24,28)(H,26,30). The molecule has 0 aliphatic heterocycles. The summed E-state index contributed by atoms with van der Waals surface area (Å²) < 4.78 is 55.7. The summed E-state index contributed by atoms with van der Waals surface area (Å²) in [6.07, 6.45) is -8.93. The van der Waals surface area contributed by atoms with Crippen molar-refractivity contribution in [2.75, 3.05) is 25.0 Å². The first-order valence-electron chi connectivity index (χ1n) is 9.15. The summed E-state index contributed by atoms with van der Waals surface area (Å²) in [6, 6.07) is 2.59. The number of anilines is 1. The molecule has 0 radical (unpaired) electrons. The first-order valence-corrected chi connectivity index (χ1v) is 9.15. The highest BCUT2D eigenvalue weighted by atomic mass is 19.4. The Balaban J connectivity index is 2.40. The summed E-state index contributed by atoms with van der Waals surface area (Å²) >= 11 is 0. The van der Waals surface area contributed by atoms with Gasteiger partial charge in [0, 0.05) is 18.7 Å². The van der Waals surface area contributed by atoms with E-state index in [2.05, 4.69) is 15.5 Å². The number of ether oxygens (including phenoxy) is 1. The molecule has 3 amide bonds. The van der Waals surface area contributed by atoms with Crippen LogP contribution in [-0.2, 0) is 14.4 Å². The lowest BCUT2D eigenvalue weighted by Gasteiger charge is -2.19. The van der Waals surface area contributed by atoms with Crippen LogP contribution in [0, 0.1) is 5.82 Å². The van der Waals surface area contributed by atoms with E-state index >= 15 is 0 Å². The molecule has 0 aliphatic rings. The highest BCUT2D eigenvalue weighted by Crippen LogP contribution is 2.24. The Morgan fingerprint density at radius 3 is 2.31 bits per heavy atom. The third-order valence-electron chi connectivity index (χ3n) is 3.32. The average molecular weight is 468 g/mol. The number of rotatable bonds is 9. The van der Waals surface area contributed by atoms with Gasteiger partial charge in [0.05, 0.1) is 5.69 Å².